The van der Waals surface area contributed by atoms with E-state index in [4.69, 9.17) is 15.0 Å². The summed E-state index contributed by atoms with van der Waals surface area (Å²) in [6.07, 6.45) is -0.183. The predicted molar refractivity (Wildman–Crippen MR) is 81.1 cm³/mol. The first-order valence-electron chi connectivity index (χ1n) is 7.42. The fraction of sp³-hybridized carbons (Fsp3) is 0.929. The molecule has 1 N–H and O–H groups in total. The number of amides is 1. The Kier molecular flexibility index (Phi) is 6.05. The molecule has 0 aromatic carbocycles. The van der Waals surface area contributed by atoms with E-state index < -0.39 is 23.5 Å². The molecular weight excluding hydrogens is 288 g/mol. The van der Waals surface area contributed by atoms with Gasteiger partial charge < -0.3 is 14.6 Å². The van der Waals surface area contributed by atoms with E-state index in [1.165, 1.54) is 0 Å². The molecule has 1 aliphatic rings. The van der Waals surface area contributed by atoms with Crippen molar-refractivity contribution in [3.05, 3.63) is 10.4 Å². The highest BCUT2D eigenvalue weighted by atomic mass is 16.6. The van der Waals surface area contributed by atoms with Crippen molar-refractivity contribution in [2.45, 2.75) is 70.9 Å². The summed E-state index contributed by atoms with van der Waals surface area (Å²) in [6, 6.07) is -0.175. The van der Waals surface area contributed by atoms with Crippen LogP contribution < -0.4 is 0 Å². The molecule has 1 rings (SSSR count). The second-order valence-electron chi connectivity index (χ2n) is 6.91. The van der Waals surface area contributed by atoms with E-state index in [2.05, 4.69) is 10.0 Å². The van der Waals surface area contributed by atoms with Gasteiger partial charge in [0.05, 0.1) is 25.3 Å². The molecule has 8 nitrogen and oxygen atoms in total. The minimum absolute atomic E-state index is 0.0277. The molecule has 0 saturated carbocycles. The molecule has 1 amide bonds. The Morgan fingerprint density at radius 3 is 2.77 bits per heavy atom. The van der Waals surface area contributed by atoms with Gasteiger partial charge in [-0.25, -0.2) is 4.79 Å². The number of aliphatic hydroxyl groups excluding tert-OH is 1. The van der Waals surface area contributed by atoms with Crippen molar-refractivity contribution in [2.24, 2.45) is 5.11 Å². The van der Waals surface area contributed by atoms with Crippen molar-refractivity contribution >= 4 is 6.09 Å². The second kappa shape index (κ2) is 7.17. The number of azide groups is 1. The lowest BCUT2D eigenvalue weighted by Crippen LogP contribution is -2.50. The summed E-state index contributed by atoms with van der Waals surface area (Å²) in [6.45, 7) is 9.48. The van der Waals surface area contributed by atoms with Crippen LogP contribution in [0.25, 0.3) is 10.4 Å². The number of carbonyl (C=O) groups is 1. The molecular formula is C14H26N4O4. The van der Waals surface area contributed by atoms with Crippen molar-refractivity contribution < 1.29 is 19.4 Å². The molecule has 0 unspecified atom stereocenters. The van der Waals surface area contributed by atoms with Crippen LogP contribution in [-0.4, -0.2) is 52.7 Å². The van der Waals surface area contributed by atoms with Gasteiger partial charge in [-0.3, -0.25) is 4.90 Å². The minimum atomic E-state index is -0.747. The average Bonchev–Trinajstić information content (AvgIpc) is 2.67. The van der Waals surface area contributed by atoms with E-state index in [-0.39, 0.29) is 12.6 Å². The topological polar surface area (TPSA) is 108 Å². The number of nitrogens with zero attached hydrogens (tertiary/aromatic N) is 4. The van der Waals surface area contributed by atoms with Gasteiger partial charge in [0, 0.05) is 4.91 Å². The SMILES string of the molecule is CC(C)(C)OC(=O)N1[C@@H](CC[C@@H](O)CN=[N+]=[N-])COC1(C)C. The molecule has 8 heteroatoms. The van der Waals surface area contributed by atoms with Gasteiger partial charge in [0.2, 0.25) is 0 Å². The van der Waals surface area contributed by atoms with Crippen LogP contribution in [0, 0.1) is 0 Å². The lowest BCUT2D eigenvalue weighted by atomic mass is 10.1. The Labute approximate surface area is 131 Å². The van der Waals surface area contributed by atoms with Crippen LogP contribution in [-0.2, 0) is 9.47 Å². The first-order chi connectivity index (χ1) is 10.1. The lowest BCUT2D eigenvalue weighted by molar-refractivity contribution is -0.0629. The summed E-state index contributed by atoms with van der Waals surface area (Å²) >= 11 is 0. The molecule has 0 bridgehead atoms. The molecule has 1 heterocycles. The maximum Gasteiger partial charge on any atom is 0.412 e. The van der Waals surface area contributed by atoms with E-state index in [1.54, 1.807) is 4.90 Å². The monoisotopic (exact) mass is 314 g/mol. The maximum atomic E-state index is 12.4. The molecule has 0 aromatic heterocycles. The third kappa shape index (κ3) is 5.36. The summed E-state index contributed by atoms with van der Waals surface area (Å²) in [5.74, 6) is 0. The molecule has 22 heavy (non-hydrogen) atoms. The second-order valence-corrected chi connectivity index (χ2v) is 6.91. The number of ether oxygens (including phenoxy) is 2. The van der Waals surface area contributed by atoms with Gasteiger partial charge in [-0.05, 0) is 53.0 Å². The zero-order valence-corrected chi connectivity index (χ0v) is 13.9. The Morgan fingerprint density at radius 1 is 1.59 bits per heavy atom. The van der Waals surface area contributed by atoms with Crippen LogP contribution >= 0.6 is 0 Å². The number of rotatable bonds is 5. The van der Waals surface area contributed by atoms with E-state index in [9.17, 15) is 9.90 Å². The van der Waals surface area contributed by atoms with E-state index in [0.29, 0.717) is 19.4 Å². The Morgan fingerprint density at radius 2 is 2.23 bits per heavy atom. The van der Waals surface area contributed by atoms with Crippen molar-refractivity contribution in [3.8, 4) is 0 Å². The van der Waals surface area contributed by atoms with Crippen molar-refractivity contribution in [1.82, 2.24) is 4.90 Å². The first-order valence-corrected chi connectivity index (χ1v) is 7.42. The van der Waals surface area contributed by atoms with Gasteiger partial charge in [0.1, 0.15) is 11.3 Å². The highest BCUT2D eigenvalue weighted by molar-refractivity contribution is 5.69. The molecule has 1 aliphatic heterocycles. The molecule has 0 spiro atoms. The standard InChI is InChI=1S/C14H26N4O4/c1-13(2,3)22-12(20)18-10(9-21-14(18,4)5)6-7-11(19)8-16-17-15/h10-11,19H,6-9H2,1-5H3/t10-,11+/m0/s1. The lowest BCUT2D eigenvalue weighted by Gasteiger charge is -2.35. The number of hydrogen-bond donors (Lipinski definition) is 1. The van der Waals surface area contributed by atoms with Crippen LogP contribution in [0.2, 0.25) is 0 Å². The van der Waals surface area contributed by atoms with E-state index in [1.807, 2.05) is 34.6 Å². The highest BCUT2D eigenvalue weighted by Crippen LogP contribution is 2.31. The van der Waals surface area contributed by atoms with Crippen molar-refractivity contribution in [1.29, 1.82) is 0 Å². The summed E-state index contributed by atoms with van der Waals surface area (Å²) in [4.78, 5) is 16.6. The van der Waals surface area contributed by atoms with Crippen LogP contribution in [0.15, 0.2) is 5.11 Å². The van der Waals surface area contributed by atoms with Crippen LogP contribution in [0.5, 0.6) is 0 Å². The normalized spacial score (nSPS) is 22.1. The van der Waals surface area contributed by atoms with E-state index >= 15 is 0 Å². The summed E-state index contributed by atoms with van der Waals surface area (Å²) in [5, 5.41) is 13.1. The minimum Gasteiger partial charge on any atom is -0.444 e. The quantitative estimate of drug-likeness (QED) is 0.478. The zero-order valence-electron chi connectivity index (χ0n) is 13.9. The number of hydrogen-bond acceptors (Lipinski definition) is 5. The van der Waals surface area contributed by atoms with Gasteiger partial charge in [0.25, 0.3) is 0 Å². The van der Waals surface area contributed by atoms with Crippen molar-refractivity contribution in [3.63, 3.8) is 0 Å². The number of aliphatic hydroxyl groups is 1. The molecule has 0 radical (unpaired) electrons. The van der Waals surface area contributed by atoms with Gasteiger partial charge in [-0.15, -0.1) is 0 Å². The molecule has 1 fully saturated rings. The fourth-order valence-electron chi connectivity index (χ4n) is 2.38. The van der Waals surface area contributed by atoms with Crippen LogP contribution in [0.3, 0.4) is 0 Å². The average molecular weight is 314 g/mol. The Balaban J connectivity index is 2.69. The van der Waals surface area contributed by atoms with E-state index in [0.717, 1.165) is 0 Å². The van der Waals surface area contributed by atoms with Gasteiger partial charge in [-0.2, -0.15) is 0 Å². The largest absolute Gasteiger partial charge is 0.444 e. The summed E-state index contributed by atoms with van der Waals surface area (Å²) in [5.41, 5.74) is 6.92. The zero-order chi connectivity index (χ0) is 17.0. The molecule has 126 valence electrons. The molecule has 1 saturated heterocycles. The number of carbonyl (C=O) groups excluding carboxylic acids is 1. The Bertz CT molecular complexity index is 441. The third-order valence-corrected chi connectivity index (χ3v) is 3.35. The highest BCUT2D eigenvalue weighted by Gasteiger charge is 2.45. The third-order valence-electron chi connectivity index (χ3n) is 3.35. The Hall–Kier alpha value is -1.50. The van der Waals surface area contributed by atoms with Crippen molar-refractivity contribution in [2.75, 3.05) is 13.2 Å². The van der Waals surface area contributed by atoms with Crippen LogP contribution in [0.1, 0.15) is 47.5 Å². The molecule has 0 aromatic rings. The van der Waals surface area contributed by atoms with Crippen LogP contribution in [0.4, 0.5) is 4.79 Å². The van der Waals surface area contributed by atoms with Gasteiger partial charge in [0.15, 0.2) is 0 Å². The predicted octanol–water partition coefficient (Wildman–Crippen LogP) is 2.81. The molecule has 0 aliphatic carbocycles. The summed E-state index contributed by atoms with van der Waals surface area (Å²) < 4.78 is 11.1. The maximum absolute atomic E-state index is 12.4. The summed E-state index contributed by atoms with van der Waals surface area (Å²) in [7, 11) is 0. The van der Waals surface area contributed by atoms with Gasteiger partial charge >= 0.3 is 6.09 Å². The fourth-order valence-corrected chi connectivity index (χ4v) is 2.38. The van der Waals surface area contributed by atoms with Gasteiger partial charge in [-0.1, -0.05) is 5.11 Å². The smallest absolute Gasteiger partial charge is 0.412 e. The first kappa shape index (κ1) is 18.5. The molecule has 2 atom stereocenters.